The van der Waals surface area contributed by atoms with Gasteiger partial charge in [0.2, 0.25) is 10.0 Å². The zero-order chi connectivity index (χ0) is 17.2. The van der Waals surface area contributed by atoms with Gasteiger partial charge in [-0.2, -0.15) is 0 Å². The van der Waals surface area contributed by atoms with E-state index >= 15 is 0 Å². The maximum absolute atomic E-state index is 12.7. The molecule has 3 N–H and O–H groups in total. The summed E-state index contributed by atoms with van der Waals surface area (Å²) in [7, 11) is -2.27. The number of rotatable bonds is 6. The number of methoxy groups -OCH3 is 1. The highest BCUT2D eigenvalue weighted by Gasteiger charge is 2.30. The third-order valence-electron chi connectivity index (χ3n) is 4.42. The van der Waals surface area contributed by atoms with Gasteiger partial charge in [0.1, 0.15) is 11.3 Å². The first-order valence-corrected chi connectivity index (χ1v) is 9.63. The quantitative estimate of drug-likeness (QED) is 0.760. The molecule has 24 heavy (non-hydrogen) atoms. The molecule has 3 rings (SSSR count). The van der Waals surface area contributed by atoms with Crippen LogP contribution in [0, 0.1) is 0 Å². The Hall–Kier alpha value is -1.71. The van der Waals surface area contributed by atoms with E-state index in [9.17, 15) is 8.42 Å². The lowest BCUT2D eigenvalue weighted by Crippen LogP contribution is -2.28. The lowest BCUT2D eigenvalue weighted by molar-refractivity contribution is 0.204. The third kappa shape index (κ3) is 3.11. The van der Waals surface area contributed by atoms with Gasteiger partial charge >= 0.3 is 0 Å². The van der Waals surface area contributed by atoms with Crippen molar-refractivity contribution in [3.63, 3.8) is 0 Å². The summed E-state index contributed by atoms with van der Waals surface area (Å²) in [6, 6.07) is 0.167. The minimum Gasteiger partial charge on any atom is -0.384 e. The number of nitrogens with one attached hydrogen (secondary N) is 1. The van der Waals surface area contributed by atoms with Crippen LogP contribution >= 0.6 is 0 Å². The lowest BCUT2D eigenvalue weighted by atomic mass is 9.95. The molecule has 1 aliphatic carbocycles. The summed E-state index contributed by atoms with van der Waals surface area (Å²) in [5, 5.41) is 0. The van der Waals surface area contributed by atoms with E-state index < -0.39 is 10.0 Å². The zero-order valence-corrected chi connectivity index (χ0v) is 14.6. The maximum atomic E-state index is 12.7. The molecule has 0 bridgehead atoms. The van der Waals surface area contributed by atoms with Crippen LogP contribution in [0.5, 0.6) is 0 Å². The van der Waals surface area contributed by atoms with Crippen LogP contribution in [0.4, 0.5) is 5.82 Å². The fraction of sp³-hybridized carbons (Fsp3) is 0.600. The standard InChI is InChI=1S/C15H23N5O3S/c1-23-10-9-19-24(21,22)13-12-15(18-8-7-17-12)20(14(13)16)11-5-3-2-4-6-11/h7-8,11,19H,2-6,9-10,16H2,1H3. The Morgan fingerprint density at radius 3 is 2.71 bits per heavy atom. The number of anilines is 1. The number of hydrogen-bond donors (Lipinski definition) is 2. The van der Waals surface area contributed by atoms with Crippen LogP contribution < -0.4 is 10.5 Å². The Kier molecular flexibility index (Phi) is 5.02. The Labute approximate surface area is 141 Å². The van der Waals surface area contributed by atoms with Crippen LogP contribution in [0.3, 0.4) is 0 Å². The van der Waals surface area contributed by atoms with Crippen LogP contribution in [0.25, 0.3) is 11.2 Å². The van der Waals surface area contributed by atoms with Crippen molar-refractivity contribution >= 4 is 27.0 Å². The molecule has 0 spiro atoms. The molecule has 0 amide bonds. The number of nitrogen functional groups attached to an aromatic ring is 1. The van der Waals surface area contributed by atoms with Crippen molar-refractivity contribution in [3.8, 4) is 0 Å². The fourth-order valence-corrected chi connectivity index (χ4v) is 4.60. The number of nitrogens with zero attached hydrogens (tertiary/aromatic N) is 3. The summed E-state index contributed by atoms with van der Waals surface area (Å²) < 4.78 is 34.7. The summed E-state index contributed by atoms with van der Waals surface area (Å²) in [6.45, 7) is 0.459. The van der Waals surface area contributed by atoms with E-state index in [4.69, 9.17) is 10.5 Å². The van der Waals surface area contributed by atoms with Crippen LogP contribution in [0.15, 0.2) is 17.3 Å². The summed E-state index contributed by atoms with van der Waals surface area (Å²) in [6.07, 6.45) is 8.42. The van der Waals surface area contributed by atoms with Crippen molar-refractivity contribution in [3.05, 3.63) is 12.4 Å². The SMILES string of the molecule is COCCNS(=O)(=O)c1c(N)n(C2CCCCC2)c2nccnc12. The predicted molar refractivity (Wildman–Crippen MR) is 91.1 cm³/mol. The average molecular weight is 353 g/mol. The maximum Gasteiger partial charge on any atom is 0.246 e. The van der Waals surface area contributed by atoms with Crippen LogP contribution in [0.2, 0.25) is 0 Å². The molecule has 0 aromatic carbocycles. The third-order valence-corrected chi connectivity index (χ3v) is 5.95. The molecule has 2 aromatic rings. The Bertz CT molecular complexity index is 812. The van der Waals surface area contributed by atoms with Gasteiger partial charge in [0, 0.05) is 32.1 Å². The monoisotopic (exact) mass is 353 g/mol. The van der Waals surface area contributed by atoms with E-state index in [1.807, 2.05) is 4.57 Å². The first-order chi connectivity index (χ1) is 11.6. The van der Waals surface area contributed by atoms with Crippen molar-refractivity contribution in [1.29, 1.82) is 0 Å². The summed E-state index contributed by atoms with van der Waals surface area (Å²) >= 11 is 0. The molecule has 2 heterocycles. The smallest absolute Gasteiger partial charge is 0.246 e. The molecule has 1 saturated carbocycles. The van der Waals surface area contributed by atoms with E-state index in [0.717, 1.165) is 25.7 Å². The number of hydrogen-bond acceptors (Lipinski definition) is 6. The Balaban J connectivity index is 2.10. The van der Waals surface area contributed by atoms with Crippen molar-refractivity contribution in [2.24, 2.45) is 0 Å². The zero-order valence-electron chi connectivity index (χ0n) is 13.7. The second-order valence-corrected chi connectivity index (χ2v) is 7.70. The molecule has 0 atom stereocenters. The second-order valence-electron chi connectivity index (χ2n) is 6.00. The van der Waals surface area contributed by atoms with Crippen molar-refractivity contribution in [2.75, 3.05) is 26.0 Å². The Morgan fingerprint density at radius 1 is 1.29 bits per heavy atom. The molecule has 132 valence electrons. The molecular weight excluding hydrogens is 330 g/mol. The first-order valence-electron chi connectivity index (χ1n) is 8.15. The molecule has 8 nitrogen and oxygen atoms in total. The summed E-state index contributed by atoms with van der Waals surface area (Å²) in [5.41, 5.74) is 7.13. The van der Waals surface area contributed by atoms with E-state index in [1.54, 1.807) is 6.20 Å². The van der Waals surface area contributed by atoms with Crippen molar-refractivity contribution in [2.45, 2.75) is 43.0 Å². The van der Waals surface area contributed by atoms with Gasteiger partial charge < -0.3 is 15.0 Å². The molecule has 1 fully saturated rings. The topological polar surface area (TPSA) is 112 Å². The predicted octanol–water partition coefficient (Wildman–Crippen LogP) is 1.44. The van der Waals surface area contributed by atoms with Gasteiger partial charge in [0.05, 0.1) is 6.61 Å². The van der Waals surface area contributed by atoms with Crippen LogP contribution in [-0.4, -0.2) is 43.2 Å². The van der Waals surface area contributed by atoms with Gasteiger partial charge in [-0.05, 0) is 12.8 Å². The summed E-state index contributed by atoms with van der Waals surface area (Å²) in [5.74, 6) is 0.216. The number of ether oxygens (including phenoxy) is 1. The van der Waals surface area contributed by atoms with E-state index in [-0.39, 0.29) is 29.9 Å². The van der Waals surface area contributed by atoms with Crippen molar-refractivity contribution < 1.29 is 13.2 Å². The molecule has 2 aromatic heterocycles. The van der Waals surface area contributed by atoms with Gasteiger partial charge in [0.15, 0.2) is 10.5 Å². The minimum atomic E-state index is -3.79. The molecule has 1 aliphatic rings. The van der Waals surface area contributed by atoms with Gasteiger partial charge in [0.25, 0.3) is 0 Å². The van der Waals surface area contributed by atoms with Crippen LogP contribution in [0.1, 0.15) is 38.1 Å². The number of nitrogens with two attached hydrogens (primary N) is 1. The molecule has 0 saturated heterocycles. The highest BCUT2D eigenvalue weighted by Crippen LogP contribution is 2.37. The van der Waals surface area contributed by atoms with Crippen molar-refractivity contribution in [1.82, 2.24) is 19.3 Å². The second kappa shape index (κ2) is 7.04. The normalized spacial score (nSPS) is 16.7. The van der Waals surface area contributed by atoms with E-state index in [2.05, 4.69) is 14.7 Å². The molecule has 0 radical (unpaired) electrons. The van der Waals surface area contributed by atoms with Gasteiger partial charge in [-0.25, -0.2) is 23.1 Å². The average Bonchev–Trinajstić information content (AvgIpc) is 2.88. The van der Waals surface area contributed by atoms with Gasteiger partial charge in [-0.1, -0.05) is 19.3 Å². The number of aromatic nitrogens is 3. The molecule has 0 aliphatic heterocycles. The Morgan fingerprint density at radius 2 is 2.00 bits per heavy atom. The fourth-order valence-electron chi connectivity index (χ4n) is 3.34. The molecule has 0 unspecified atom stereocenters. The summed E-state index contributed by atoms with van der Waals surface area (Å²) in [4.78, 5) is 8.61. The van der Waals surface area contributed by atoms with E-state index in [1.165, 1.54) is 19.7 Å². The first kappa shape index (κ1) is 17.1. The highest BCUT2D eigenvalue weighted by molar-refractivity contribution is 7.89. The largest absolute Gasteiger partial charge is 0.384 e. The van der Waals surface area contributed by atoms with E-state index in [0.29, 0.717) is 11.2 Å². The molecule has 9 heteroatoms. The highest BCUT2D eigenvalue weighted by atomic mass is 32.2. The number of sulfonamides is 1. The molecular formula is C15H23N5O3S. The van der Waals surface area contributed by atoms with Gasteiger partial charge in [-0.15, -0.1) is 0 Å². The number of fused-ring (bicyclic) bond motifs is 1. The van der Waals surface area contributed by atoms with Crippen LogP contribution in [-0.2, 0) is 14.8 Å². The van der Waals surface area contributed by atoms with Gasteiger partial charge in [-0.3, -0.25) is 0 Å². The lowest BCUT2D eigenvalue weighted by Gasteiger charge is -2.24. The minimum absolute atomic E-state index is 0.0206.